The summed E-state index contributed by atoms with van der Waals surface area (Å²) in [5.41, 5.74) is 1.00. The summed E-state index contributed by atoms with van der Waals surface area (Å²) in [6.45, 7) is 5.90. The van der Waals surface area contributed by atoms with Crippen LogP contribution < -0.4 is 4.90 Å². The Balaban J connectivity index is 1.60. The van der Waals surface area contributed by atoms with Gasteiger partial charge in [0.15, 0.2) is 0 Å². The van der Waals surface area contributed by atoms with Gasteiger partial charge in [-0.05, 0) is 32.6 Å². The van der Waals surface area contributed by atoms with E-state index < -0.39 is 0 Å². The summed E-state index contributed by atoms with van der Waals surface area (Å²) in [5, 5.41) is 5.77. The summed E-state index contributed by atoms with van der Waals surface area (Å²) < 4.78 is 1.88. The summed E-state index contributed by atoms with van der Waals surface area (Å²) in [6, 6.07) is 0.757. The van der Waals surface area contributed by atoms with Gasteiger partial charge in [0, 0.05) is 19.5 Å². The normalized spacial score (nSPS) is 25.0. The number of imidazole rings is 1. The first kappa shape index (κ1) is 14.9. The van der Waals surface area contributed by atoms with E-state index >= 15 is 0 Å². The molecule has 7 heteroatoms. The number of fused-ring (bicyclic) bond motifs is 1. The van der Waals surface area contributed by atoms with Gasteiger partial charge in [-0.15, -0.1) is 5.10 Å². The third-order valence-electron chi connectivity index (χ3n) is 5.06. The highest BCUT2D eigenvalue weighted by atomic mass is 32.1. The van der Waals surface area contributed by atoms with E-state index in [1.54, 1.807) is 11.3 Å². The van der Waals surface area contributed by atoms with Crippen LogP contribution in [0.4, 0.5) is 5.13 Å². The lowest BCUT2D eigenvalue weighted by atomic mass is 10.0. The van der Waals surface area contributed by atoms with Crippen LogP contribution in [0.25, 0.3) is 4.96 Å². The van der Waals surface area contributed by atoms with Gasteiger partial charge < -0.3 is 9.80 Å². The molecule has 2 aliphatic heterocycles. The summed E-state index contributed by atoms with van der Waals surface area (Å²) in [6.07, 6.45) is 7.15. The van der Waals surface area contributed by atoms with Crippen molar-refractivity contribution in [3.63, 3.8) is 0 Å². The lowest BCUT2D eigenvalue weighted by Gasteiger charge is -2.34. The van der Waals surface area contributed by atoms with E-state index in [1.165, 1.54) is 6.42 Å². The SMILES string of the molecule is CCC(=O)N1CCC[C@H]1[C@H]1CCCN1c1nn2cc(C)nc2s1. The maximum atomic E-state index is 12.2. The fraction of sp³-hybridized carbons (Fsp3) is 0.688. The highest BCUT2D eigenvalue weighted by Gasteiger charge is 2.40. The molecule has 6 nitrogen and oxygen atoms in total. The number of carbonyl (C=O) groups excluding carboxylic acids is 1. The number of carbonyl (C=O) groups is 1. The standard InChI is InChI=1S/C16H23N5OS/c1-3-14(22)19-8-4-6-12(19)13-7-5-9-20(13)16-18-21-10-11(2)17-15(21)23-16/h10,12-13H,3-9H2,1-2H3/t12-,13+/m0/s1. The molecule has 0 spiro atoms. The predicted molar refractivity (Wildman–Crippen MR) is 91.0 cm³/mol. The molecule has 2 aromatic rings. The Morgan fingerprint density at radius 3 is 2.87 bits per heavy atom. The predicted octanol–water partition coefficient (Wildman–Crippen LogP) is 2.47. The molecule has 2 aromatic heterocycles. The topological polar surface area (TPSA) is 53.7 Å². The molecule has 4 heterocycles. The Morgan fingerprint density at radius 2 is 2.09 bits per heavy atom. The largest absolute Gasteiger partial charge is 0.342 e. The summed E-state index contributed by atoms with van der Waals surface area (Å²) in [7, 11) is 0. The molecular weight excluding hydrogens is 310 g/mol. The molecule has 0 aromatic carbocycles. The highest BCUT2D eigenvalue weighted by Crippen LogP contribution is 2.35. The molecule has 2 aliphatic rings. The molecule has 0 radical (unpaired) electrons. The second-order valence-corrected chi connectivity index (χ2v) is 7.48. The van der Waals surface area contributed by atoms with Crippen molar-refractivity contribution in [2.45, 2.75) is 58.0 Å². The van der Waals surface area contributed by atoms with E-state index in [9.17, 15) is 4.79 Å². The smallest absolute Gasteiger partial charge is 0.222 e. The quantitative estimate of drug-likeness (QED) is 0.866. The first-order valence-corrected chi connectivity index (χ1v) is 9.38. The monoisotopic (exact) mass is 333 g/mol. The zero-order chi connectivity index (χ0) is 16.0. The molecule has 2 fully saturated rings. The second-order valence-electron chi connectivity index (χ2n) is 6.55. The van der Waals surface area contributed by atoms with Crippen LogP contribution >= 0.6 is 11.3 Å². The van der Waals surface area contributed by atoms with Crippen LogP contribution in [0.2, 0.25) is 0 Å². The molecule has 23 heavy (non-hydrogen) atoms. The summed E-state index contributed by atoms with van der Waals surface area (Å²) >= 11 is 1.66. The maximum Gasteiger partial charge on any atom is 0.222 e. The van der Waals surface area contributed by atoms with Crippen molar-refractivity contribution in [3.05, 3.63) is 11.9 Å². The van der Waals surface area contributed by atoms with Gasteiger partial charge in [-0.25, -0.2) is 9.50 Å². The Bertz CT molecular complexity index is 692. The van der Waals surface area contributed by atoms with Crippen molar-refractivity contribution in [3.8, 4) is 0 Å². The molecule has 4 rings (SSSR count). The molecule has 0 N–H and O–H groups in total. The molecule has 0 unspecified atom stereocenters. The van der Waals surface area contributed by atoms with Crippen molar-refractivity contribution < 1.29 is 4.79 Å². The highest BCUT2D eigenvalue weighted by molar-refractivity contribution is 7.20. The van der Waals surface area contributed by atoms with Crippen LogP contribution in [-0.2, 0) is 4.79 Å². The van der Waals surface area contributed by atoms with Crippen molar-refractivity contribution in [1.82, 2.24) is 19.5 Å². The number of rotatable bonds is 3. The average molecular weight is 333 g/mol. The third-order valence-corrected chi connectivity index (χ3v) is 6.02. The minimum Gasteiger partial charge on any atom is -0.342 e. The second kappa shape index (κ2) is 5.78. The van der Waals surface area contributed by atoms with Gasteiger partial charge in [-0.3, -0.25) is 4.79 Å². The fourth-order valence-electron chi connectivity index (χ4n) is 4.05. The van der Waals surface area contributed by atoms with Gasteiger partial charge in [0.1, 0.15) is 0 Å². The zero-order valence-electron chi connectivity index (χ0n) is 13.7. The van der Waals surface area contributed by atoms with Crippen LogP contribution in [0, 0.1) is 6.92 Å². The molecule has 0 aliphatic carbocycles. The number of aryl methyl sites for hydroxylation is 1. The van der Waals surface area contributed by atoms with Crippen LogP contribution in [-0.4, -0.2) is 50.6 Å². The van der Waals surface area contributed by atoms with E-state index in [-0.39, 0.29) is 0 Å². The summed E-state index contributed by atoms with van der Waals surface area (Å²) in [4.78, 5) is 22.2. The lowest BCUT2D eigenvalue weighted by molar-refractivity contribution is -0.131. The first-order chi connectivity index (χ1) is 11.2. The van der Waals surface area contributed by atoms with Gasteiger partial charge in [0.05, 0.1) is 24.0 Å². The van der Waals surface area contributed by atoms with Crippen LogP contribution in [0.5, 0.6) is 0 Å². The lowest BCUT2D eigenvalue weighted by Crippen LogP contribution is -2.48. The van der Waals surface area contributed by atoms with Crippen molar-refractivity contribution in [2.75, 3.05) is 18.0 Å². The molecule has 124 valence electrons. The number of hydrogen-bond acceptors (Lipinski definition) is 5. The molecule has 1 amide bonds. The van der Waals surface area contributed by atoms with Crippen molar-refractivity contribution in [1.29, 1.82) is 0 Å². The third kappa shape index (κ3) is 2.51. The molecule has 2 saturated heterocycles. The van der Waals surface area contributed by atoms with Gasteiger partial charge >= 0.3 is 0 Å². The molecular formula is C16H23N5OS. The Hall–Kier alpha value is -1.63. The van der Waals surface area contributed by atoms with Crippen molar-refractivity contribution >= 4 is 27.3 Å². The Kier molecular flexibility index (Phi) is 3.75. The van der Waals surface area contributed by atoms with Crippen LogP contribution in [0.1, 0.15) is 44.7 Å². The van der Waals surface area contributed by atoms with Crippen LogP contribution in [0.15, 0.2) is 6.20 Å². The van der Waals surface area contributed by atoms with E-state index in [0.29, 0.717) is 24.4 Å². The van der Waals surface area contributed by atoms with Gasteiger partial charge in [0.2, 0.25) is 16.0 Å². The minimum atomic E-state index is 0.295. The van der Waals surface area contributed by atoms with E-state index in [4.69, 9.17) is 5.10 Å². The minimum absolute atomic E-state index is 0.295. The zero-order valence-corrected chi connectivity index (χ0v) is 14.6. The number of hydrogen-bond donors (Lipinski definition) is 0. The number of likely N-dealkylation sites (tertiary alicyclic amines) is 1. The molecule has 0 saturated carbocycles. The van der Waals surface area contributed by atoms with E-state index in [1.807, 2.05) is 24.6 Å². The Morgan fingerprint density at radius 1 is 1.30 bits per heavy atom. The average Bonchev–Trinajstić information content (AvgIpc) is 3.26. The maximum absolute atomic E-state index is 12.2. The number of anilines is 1. The van der Waals surface area contributed by atoms with Gasteiger partial charge in [0.25, 0.3) is 0 Å². The van der Waals surface area contributed by atoms with E-state index in [0.717, 1.165) is 48.1 Å². The Labute approximate surface area is 140 Å². The van der Waals surface area contributed by atoms with Gasteiger partial charge in [-0.1, -0.05) is 18.3 Å². The van der Waals surface area contributed by atoms with Crippen LogP contribution in [0.3, 0.4) is 0 Å². The number of aromatic nitrogens is 3. The fourth-order valence-corrected chi connectivity index (χ4v) is 5.06. The van der Waals surface area contributed by atoms with Crippen molar-refractivity contribution in [2.24, 2.45) is 0 Å². The first-order valence-electron chi connectivity index (χ1n) is 8.56. The number of nitrogens with zero attached hydrogens (tertiary/aromatic N) is 5. The van der Waals surface area contributed by atoms with E-state index in [2.05, 4.69) is 14.8 Å². The number of amides is 1. The van der Waals surface area contributed by atoms with Gasteiger partial charge in [-0.2, -0.15) is 0 Å². The molecule has 2 atom stereocenters. The summed E-state index contributed by atoms with van der Waals surface area (Å²) in [5.74, 6) is 0.295. The molecule has 0 bridgehead atoms.